The van der Waals surface area contributed by atoms with Crippen LogP contribution in [0.15, 0.2) is 164 Å². The van der Waals surface area contributed by atoms with Crippen LogP contribution in [-0.2, 0) is 70.9 Å². The first-order chi connectivity index (χ1) is 59.7. The van der Waals surface area contributed by atoms with Crippen LogP contribution in [0.3, 0.4) is 0 Å². The van der Waals surface area contributed by atoms with Crippen molar-refractivity contribution in [3.05, 3.63) is 233 Å². The molecular weight excluding hydrogens is 1750 g/mol. The number of hydrogen-bond donors (Lipinski definition) is 0. The lowest BCUT2D eigenvalue weighted by Crippen LogP contribution is -2.53. The van der Waals surface area contributed by atoms with E-state index in [1.54, 1.807) is 72.0 Å². The van der Waals surface area contributed by atoms with Crippen molar-refractivity contribution in [3.63, 3.8) is 0 Å². The SMILES string of the molecule is O=C(C1CCS(=O)(=O)CC1)N1CCN(c2ccc(C(F)(F)F)cn2)C[C@@H]1c1ccc(F)cc1.O=C(C1CCS(=O)(=O)CC1)N1CCN(c2ccc(C(F)(F)F)cn2)C[C@H]1c1ccc(F)cc1.O=C(C1CCS(=O)(=O)CC1)N1CCN(c2ccccn2)CC1c1ccc(F)cc1.O=C(C1CCS(=O)(=O)CC1)N1CCN(c2ncc(F)cn2)CC1c1ccc(F)c(F)c1. The van der Waals surface area contributed by atoms with Crippen molar-refractivity contribution in [1.82, 2.24) is 44.5 Å². The molecule has 2 unspecified atom stereocenters. The summed E-state index contributed by atoms with van der Waals surface area (Å²) < 4.78 is 252. The van der Waals surface area contributed by atoms with Crippen molar-refractivity contribution in [2.75, 3.05) is 144 Å². The van der Waals surface area contributed by atoms with E-state index in [4.69, 9.17) is 0 Å². The second-order valence-electron chi connectivity index (χ2n) is 32.2. The van der Waals surface area contributed by atoms with Crippen LogP contribution in [0.25, 0.3) is 0 Å². The van der Waals surface area contributed by atoms with Crippen molar-refractivity contribution in [2.24, 2.45) is 23.7 Å². The van der Waals surface area contributed by atoms with Crippen LogP contribution in [-0.4, -0.2) is 226 Å². The smallest absolute Gasteiger partial charge is 0.352 e. The molecule has 8 saturated heterocycles. The number of anilines is 4. The van der Waals surface area contributed by atoms with E-state index in [2.05, 4.69) is 29.8 Å². The fraction of sp³-hybridized carbons (Fsp3) is 0.447. The molecule has 16 rings (SSSR count). The van der Waals surface area contributed by atoms with E-state index in [0.29, 0.717) is 80.4 Å². The number of carbonyl (C=O) groups excluding carboxylic acids is 4. The molecule has 25 nitrogen and oxygen atoms in total. The summed E-state index contributed by atoms with van der Waals surface area (Å²) in [4.78, 5) is 87.7. The minimum Gasteiger partial charge on any atom is -0.352 e. The van der Waals surface area contributed by atoms with E-state index >= 15 is 0 Å². The highest BCUT2D eigenvalue weighted by Gasteiger charge is 2.44. The third kappa shape index (κ3) is 23.6. The molecule has 126 heavy (non-hydrogen) atoms. The molecule has 8 aliphatic heterocycles. The summed E-state index contributed by atoms with van der Waals surface area (Å²) >= 11 is 0. The molecule has 8 fully saturated rings. The van der Waals surface area contributed by atoms with Gasteiger partial charge in [-0.15, -0.1) is 0 Å². The summed E-state index contributed by atoms with van der Waals surface area (Å²) in [5.74, 6) is -4.05. The Balaban J connectivity index is 0.000000144. The molecule has 4 aromatic carbocycles. The lowest BCUT2D eigenvalue weighted by molar-refractivity contribution is -0.139. The average molecular weight is 1840 g/mol. The zero-order valence-electron chi connectivity index (χ0n) is 67.9. The standard InChI is InChI=1S/2C22H23F4N3O3S.C21H24FN3O3S.C20H21F3N4O3S/c2*23-18-4-1-15(2-5-18)19-14-28(20-6-3-17(13-27-20)22(24,25)26)9-10-29(19)21(30)16-7-11-33(31,32)12-8-16;22-18-6-4-16(5-7-18)19-15-24(20-3-1-2-10-23-20)11-12-25(19)21(26)17-8-13-29(27,28)14-9-17;21-15-10-24-20(25-11-15)26-5-6-27(19(28)13-3-7-31(29,30)8-4-13)18(12-26)14-1-2-16(22)17(23)9-14/h2*1-6,13,16,19H,7-12,14H2;1-7,10,17,19H,8-9,11-15H2;1-2,9-11,13,18H,3-8,12H2/t2*19-;;/m10../s1. The summed E-state index contributed by atoms with van der Waals surface area (Å²) in [6, 6.07) is 29.7. The van der Waals surface area contributed by atoms with Gasteiger partial charge in [-0.25, -0.2) is 84.9 Å². The van der Waals surface area contributed by atoms with Crippen molar-refractivity contribution < 1.29 is 106 Å². The number of aromatic nitrogens is 5. The monoisotopic (exact) mass is 1840 g/mol. The van der Waals surface area contributed by atoms with E-state index in [1.807, 2.05) is 23.1 Å². The number of sulfone groups is 4. The molecule has 4 aromatic heterocycles. The molecular formula is C85H91F12N13O12S4. The Hall–Kier alpha value is -10.6. The van der Waals surface area contributed by atoms with Gasteiger partial charge in [0.25, 0.3) is 0 Å². The number of carbonyl (C=O) groups is 4. The Labute approximate surface area is 720 Å². The van der Waals surface area contributed by atoms with Crippen molar-refractivity contribution in [3.8, 4) is 0 Å². The topological polar surface area (TPSA) is 295 Å². The van der Waals surface area contributed by atoms with E-state index in [-0.39, 0.29) is 171 Å². The Bertz CT molecular complexity index is 5410. The normalized spacial score (nSPS) is 21.9. The van der Waals surface area contributed by atoms with Crippen LogP contribution in [0.2, 0.25) is 0 Å². The van der Waals surface area contributed by atoms with Crippen molar-refractivity contribution in [1.29, 1.82) is 0 Å². The van der Waals surface area contributed by atoms with Gasteiger partial charge in [-0.3, -0.25) is 19.2 Å². The summed E-state index contributed by atoms with van der Waals surface area (Å²) in [6.07, 6.45) is -1.32. The fourth-order valence-electron chi connectivity index (χ4n) is 16.9. The molecule has 0 bridgehead atoms. The highest BCUT2D eigenvalue weighted by Crippen LogP contribution is 2.40. The summed E-state index contributed by atoms with van der Waals surface area (Å²) in [6.45, 7) is 4.34. The predicted molar refractivity (Wildman–Crippen MR) is 442 cm³/mol. The molecule has 8 aromatic rings. The molecule has 12 heterocycles. The molecule has 0 spiro atoms. The van der Waals surface area contributed by atoms with Crippen molar-refractivity contribution in [2.45, 2.75) is 87.9 Å². The Kier molecular flexibility index (Phi) is 29.1. The van der Waals surface area contributed by atoms with Gasteiger partial charge in [-0.1, -0.05) is 48.5 Å². The zero-order valence-corrected chi connectivity index (χ0v) is 71.2. The minimum atomic E-state index is -4.49. The molecule has 0 radical (unpaired) electrons. The number of rotatable bonds is 12. The molecule has 0 aliphatic carbocycles. The van der Waals surface area contributed by atoms with E-state index in [9.17, 15) is 106 Å². The van der Waals surface area contributed by atoms with E-state index < -0.39 is 128 Å². The third-order valence-corrected chi connectivity index (χ3v) is 30.9. The minimum absolute atomic E-state index is 0.00473. The first-order valence-corrected chi connectivity index (χ1v) is 48.2. The number of nitrogens with zero attached hydrogens (tertiary/aromatic N) is 13. The molecule has 4 atom stereocenters. The van der Waals surface area contributed by atoms with Gasteiger partial charge in [0.05, 0.1) is 93.7 Å². The van der Waals surface area contributed by atoms with Gasteiger partial charge in [0.2, 0.25) is 29.6 Å². The number of alkyl halides is 6. The highest BCUT2D eigenvalue weighted by molar-refractivity contribution is 7.92. The second kappa shape index (κ2) is 39.4. The maximum absolute atomic E-state index is 13.9. The number of hydrogen-bond acceptors (Lipinski definition) is 21. The van der Waals surface area contributed by atoms with Gasteiger partial charge in [-0.2, -0.15) is 26.3 Å². The lowest BCUT2D eigenvalue weighted by Gasteiger charge is -2.43. The maximum Gasteiger partial charge on any atom is 0.417 e. The molecule has 676 valence electrons. The number of halogens is 12. The second-order valence-corrected chi connectivity index (χ2v) is 41.4. The van der Waals surface area contributed by atoms with Crippen LogP contribution in [0.5, 0.6) is 0 Å². The molecule has 4 amide bonds. The van der Waals surface area contributed by atoms with Crippen molar-refractivity contribution >= 4 is 86.4 Å². The van der Waals surface area contributed by atoms with Crippen LogP contribution in [0.1, 0.15) is 109 Å². The Morgan fingerprint density at radius 3 is 0.881 bits per heavy atom. The zero-order chi connectivity index (χ0) is 90.2. The first-order valence-electron chi connectivity index (χ1n) is 40.9. The maximum atomic E-state index is 13.9. The van der Waals surface area contributed by atoms with Crippen LogP contribution in [0, 0.1) is 58.6 Å². The first kappa shape index (κ1) is 93.1. The average Bonchev–Trinajstić information content (AvgIpc) is 0.798. The van der Waals surface area contributed by atoms with Gasteiger partial charge in [0.1, 0.15) is 74.3 Å². The quantitative estimate of drug-likeness (QED) is 0.103. The fourth-order valence-corrected chi connectivity index (χ4v) is 22.9. The summed E-state index contributed by atoms with van der Waals surface area (Å²) in [7, 11) is -12.4. The van der Waals surface area contributed by atoms with Gasteiger partial charge < -0.3 is 39.2 Å². The van der Waals surface area contributed by atoms with Gasteiger partial charge in [0.15, 0.2) is 17.5 Å². The largest absolute Gasteiger partial charge is 0.417 e. The molecule has 0 saturated carbocycles. The number of benzene rings is 4. The van der Waals surface area contributed by atoms with Gasteiger partial charge >= 0.3 is 12.4 Å². The van der Waals surface area contributed by atoms with E-state index in [1.165, 1.54) is 54.6 Å². The van der Waals surface area contributed by atoms with E-state index in [0.717, 1.165) is 60.4 Å². The van der Waals surface area contributed by atoms with Gasteiger partial charge in [-0.05, 0) is 159 Å². The van der Waals surface area contributed by atoms with Crippen LogP contribution in [0.4, 0.5) is 76.1 Å². The number of pyridine rings is 3. The molecule has 8 aliphatic rings. The predicted octanol–water partition coefficient (Wildman–Crippen LogP) is 11.5. The lowest BCUT2D eigenvalue weighted by atomic mass is 9.96. The summed E-state index contributed by atoms with van der Waals surface area (Å²) in [5.41, 5.74) is 0.950. The number of piperazine rings is 4. The Morgan fingerprint density at radius 2 is 0.595 bits per heavy atom. The van der Waals surface area contributed by atoms with Crippen LogP contribution < -0.4 is 19.6 Å². The van der Waals surface area contributed by atoms with Gasteiger partial charge in [0, 0.05) is 121 Å². The highest BCUT2D eigenvalue weighted by atomic mass is 32.2. The third-order valence-electron chi connectivity index (χ3n) is 24.0. The summed E-state index contributed by atoms with van der Waals surface area (Å²) in [5, 5.41) is 0. The number of amides is 4. The Morgan fingerprint density at radius 1 is 0.302 bits per heavy atom. The molecule has 0 N–H and O–H groups in total. The van der Waals surface area contributed by atoms with Crippen LogP contribution >= 0.6 is 0 Å². The molecule has 41 heteroatoms.